The lowest BCUT2D eigenvalue weighted by Crippen LogP contribution is -2.24. The van der Waals surface area contributed by atoms with Crippen LogP contribution in [0.3, 0.4) is 0 Å². The molecule has 2 aromatic heterocycles. The summed E-state index contributed by atoms with van der Waals surface area (Å²) < 4.78 is 11.8. The molecule has 1 N–H and O–H groups in total. The summed E-state index contributed by atoms with van der Waals surface area (Å²) in [5.41, 5.74) is 2.08. The van der Waals surface area contributed by atoms with Gasteiger partial charge < -0.3 is 14.3 Å². The fraction of sp³-hybridized carbons (Fsp3) is 0.158. The number of fused-ring (bicyclic) bond motifs is 1. The van der Waals surface area contributed by atoms with Crippen LogP contribution in [0.25, 0.3) is 11.1 Å². The van der Waals surface area contributed by atoms with Crippen LogP contribution in [-0.2, 0) is 24.3 Å². The number of carbonyl (C=O) groups is 1. The van der Waals surface area contributed by atoms with E-state index in [-0.39, 0.29) is 31.3 Å². The van der Waals surface area contributed by atoms with Gasteiger partial charge in [-0.15, -0.1) is 0 Å². The molecule has 0 aliphatic heterocycles. The molecular weight excluding hydrogens is 348 g/mol. The van der Waals surface area contributed by atoms with E-state index in [2.05, 4.69) is 15.5 Å². The van der Waals surface area contributed by atoms with Crippen molar-refractivity contribution in [2.75, 3.05) is 0 Å². The lowest BCUT2D eigenvalue weighted by molar-refractivity contribution is -0.120. The van der Waals surface area contributed by atoms with Crippen LogP contribution in [0.4, 0.5) is 0 Å². The first kappa shape index (κ1) is 16.8. The third-order valence-corrected chi connectivity index (χ3v) is 4.03. The van der Waals surface area contributed by atoms with Crippen molar-refractivity contribution in [2.45, 2.75) is 19.5 Å². The van der Waals surface area contributed by atoms with Gasteiger partial charge in [-0.1, -0.05) is 47.6 Å². The maximum Gasteiger partial charge on any atom is 0.420 e. The van der Waals surface area contributed by atoms with E-state index in [0.29, 0.717) is 16.9 Å². The Morgan fingerprint density at radius 2 is 1.85 bits per heavy atom. The average Bonchev–Trinajstić information content (AvgIpc) is 3.26. The molecule has 0 radical (unpaired) electrons. The van der Waals surface area contributed by atoms with Gasteiger partial charge in [0.05, 0.1) is 25.0 Å². The highest BCUT2D eigenvalue weighted by Gasteiger charge is 2.13. The highest BCUT2D eigenvalue weighted by Crippen LogP contribution is 2.12. The molecule has 136 valence electrons. The fourth-order valence-corrected chi connectivity index (χ4v) is 2.75. The second-order valence-electron chi connectivity index (χ2n) is 5.97. The maximum atomic E-state index is 12.0. The number of aromatic nitrogens is 3. The highest BCUT2D eigenvalue weighted by molar-refractivity contribution is 5.78. The van der Waals surface area contributed by atoms with Crippen molar-refractivity contribution in [3.8, 4) is 0 Å². The van der Waals surface area contributed by atoms with Gasteiger partial charge in [0, 0.05) is 0 Å². The second-order valence-corrected chi connectivity index (χ2v) is 5.97. The molecule has 8 nitrogen and oxygen atoms in total. The van der Waals surface area contributed by atoms with E-state index in [4.69, 9.17) is 8.94 Å². The molecule has 0 unspecified atom stereocenters. The molecule has 8 heteroatoms. The van der Waals surface area contributed by atoms with E-state index >= 15 is 0 Å². The summed E-state index contributed by atoms with van der Waals surface area (Å²) in [7, 11) is 0. The largest absolute Gasteiger partial charge is 0.420 e. The Kier molecular flexibility index (Phi) is 4.52. The van der Waals surface area contributed by atoms with E-state index in [1.807, 2.05) is 36.4 Å². The van der Waals surface area contributed by atoms with Crippen molar-refractivity contribution in [3.05, 3.63) is 82.4 Å². The number of nitrogens with zero attached hydrogens (tertiary/aromatic N) is 3. The molecule has 0 bridgehead atoms. The van der Waals surface area contributed by atoms with E-state index in [9.17, 15) is 9.59 Å². The summed E-state index contributed by atoms with van der Waals surface area (Å²) in [6.07, 6.45) is 0.276. The molecule has 2 aromatic carbocycles. The second kappa shape index (κ2) is 7.28. The number of para-hydroxylation sites is 2. The number of amides is 1. The van der Waals surface area contributed by atoms with Crippen LogP contribution >= 0.6 is 0 Å². The van der Waals surface area contributed by atoms with Gasteiger partial charge in [0.2, 0.25) is 11.8 Å². The van der Waals surface area contributed by atoms with E-state index < -0.39 is 5.76 Å². The molecule has 0 aliphatic rings. The summed E-state index contributed by atoms with van der Waals surface area (Å²) in [6.45, 7) is 0.247. The van der Waals surface area contributed by atoms with Gasteiger partial charge in [0.1, 0.15) is 0 Å². The molecule has 2 heterocycles. The smallest absolute Gasteiger partial charge is 0.408 e. The predicted molar refractivity (Wildman–Crippen MR) is 95.9 cm³/mol. The van der Waals surface area contributed by atoms with Crippen molar-refractivity contribution in [1.29, 1.82) is 0 Å². The first-order chi connectivity index (χ1) is 13.2. The third-order valence-electron chi connectivity index (χ3n) is 4.03. The molecular formula is C19H16N4O4. The molecule has 0 aliphatic carbocycles. The Hall–Kier alpha value is -3.68. The SMILES string of the molecule is O=C(Cc1ccccc1)NCc1nc(Cn2c(=O)oc3ccccc32)no1. The predicted octanol–water partition coefficient (Wildman–Crippen LogP) is 1.88. The maximum absolute atomic E-state index is 12.0. The monoisotopic (exact) mass is 364 g/mol. The molecule has 0 saturated carbocycles. The fourth-order valence-electron chi connectivity index (χ4n) is 2.75. The van der Waals surface area contributed by atoms with Crippen molar-refractivity contribution in [2.24, 2.45) is 0 Å². The molecule has 4 rings (SSSR count). The van der Waals surface area contributed by atoms with Gasteiger partial charge in [-0.05, 0) is 17.7 Å². The van der Waals surface area contributed by atoms with Gasteiger partial charge in [0.15, 0.2) is 11.4 Å². The molecule has 0 saturated heterocycles. The molecule has 0 spiro atoms. The summed E-state index contributed by atoms with van der Waals surface area (Å²) in [4.78, 5) is 28.2. The van der Waals surface area contributed by atoms with E-state index in [1.54, 1.807) is 18.2 Å². The Morgan fingerprint density at radius 3 is 2.70 bits per heavy atom. The number of hydrogen-bond donors (Lipinski definition) is 1. The van der Waals surface area contributed by atoms with E-state index in [0.717, 1.165) is 5.56 Å². The Balaban J connectivity index is 1.39. The van der Waals surface area contributed by atoms with Crippen molar-refractivity contribution < 1.29 is 13.7 Å². The first-order valence-corrected chi connectivity index (χ1v) is 8.39. The summed E-state index contributed by atoms with van der Waals surface area (Å²) in [5.74, 6) is -0.0278. The van der Waals surface area contributed by atoms with Crippen LogP contribution in [0.5, 0.6) is 0 Å². The number of hydrogen-bond acceptors (Lipinski definition) is 6. The topological polar surface area (TPSA) is 103 Å². The Morgan fingerprint density at radius 1 is 1.07 bits per heavy atom. The minimum absolute atomic E-state index is 0.122. The lowest BCUT2D eigenvalue weighted by Gasteiger charge is -2.02. The van der Waals surface area contributed by atoms with Gasteiger partial charge in [-0.2, -0.15) is 4.98 Å². The minimum atomic E-state index is -0.487. The van der Waals surface area contributed by atoms with Gasteiger partial charge in [-0.3, -0.25) is 9.36 Å². The van der Waals surface area contributed by atoms with Gasteiger partial charge in [0.25, 0.3) is 0 Å². The van der Waals surface area contributed by atoms with Crippen LogP contribution in [0, 0.1) is 0 Å². The van der Waals surface area contributed by atoms with Crippen LogP contribution in [0.2, 0.25) is 0 Å². The summed E-state index contributed by atoms with van der Waals surface area (Å²) in [5, 5.41) is 6.60. The zero-order valence-electron chi connectivity index (χ0n) is 14.3. The summed E-state index contributed by atoms with van der Waals surface area (Å²) >= 11 is 0. The van der Waals surface area contributed by atoms with Crippen molar-refractivity contribution in [3.63, 3.8) is 0 Å². The quantitative estimate of drug-likeness (QED) is 0.560. The number of rotatable bonds is 6. The molecule has 4 aromatic rings. The molecule has 0 atom stereocenters. The van der Waals surface area contributed by atoms with Crippen molar-refractivity contribution >= 4 is 17.0 Å². The average molecular weight is 364 g/mol. The van der Waals surface area contributed by atoms with Crippen LogP contribution in [-0.4, -0.2) is 20.6 Å². The first-order valence-electron chi connectivity index (χ1n) is 8.39. The lowest BCUT2D eigenvalue weighted by atomic mass is 10.1. The standard InChI is InChI=1S/C19H16N4O4/c24-17(10-13-6-2-1-3-7-13)20-11-18-21-16(22-27-18)12-23-14-8-4-5-9-15(14)26-19(23)25/h1-9H,10-12H2,(H,20,24). The number of carbonyl (C=O) groups excluding carboxylic acids is 1. The van der Waals surface area contributed by atoms with Crippen LogP contribution in [0.15, 0.2) is 68.3 Å². The summed E-state index contributed by atoms with van der Waals surface area (Å²) in [6, 6.07) is 16.5. The number of nitrogens with one attached hydrogen (secondary N) is 1. The zero-order chi connectivity index (χ0) is 18.6. The Labute approximate surface area is 153 Å². The third kappa shape index (κ3) is 3.79. The molecule has 0 fully saturated rings. The zero-order valence-corrected chi connectivity index (χ0v) is 14.3. The van der Waals surface area contributed by atoms with E-state index in [1.165, 1.54) is 4.57 Å². The molecule has 27 heavy (non-hydrogen) atoms. The highest BCUT2D eigenvalue weighted by atomic mass is 16.5. The van der Waals surface area contributed by atoms with Crippen molar-refractivity contribution in [1.82, 2.24) is 20.0 Å². The Bertz CT molecular complexity index is 1130. The number of oxazole rings is 1. The van der Waals surface area contributed by atoms with Gasteiger partial charge >= 0.3 is 5.76 Å². The molecule has 1 amide bonds. The van der Waals surface area contributed by atoms with Gasteiger partial charge in [-0.25, -0.2) is 4.79 Å². The normalized spacial score (nSPS) is 11.0. The number of benzene rings is 2. The minimum Gasteiger partial charge on any atom is -0.408 e. The van der Waals surface area contributed by atoms with Crippen LogP contribution < -0.4 is 11.1 Å². The van der Waals surface area contributed by atoms with Crippen LogP contribution in [0.1, 0.15) is 17.3 Å².